The number of morpholine rings is 1. The lowest BCUT2D eigenvalue weighted by Gasteiger charge is -2.37. The molecule has 1 aromatic heterocycles. The maximum absolute atomic E-state index is 6.38. The second-order valence-electron chi connectivity index (χ2n) is 6.58. The fourth-order valence-electron chi connectivity index (χ4n) is 3.39. The van der Waals surface area contributed by atoms with Crippen molar-refractivity contribution in [3.63, 3.8) is 0 Å². The van der Waals surface area contributed by atoms with E-state index in [1.165, 1.54) is 19.4 Å². The summed E-state index contributed by atoms with van der Waals surface area (Å²) in [5.41, 5.74) is 7.46. The SMILES string of the molecule is CCC(C)n1ccc(CC(N)C2CN3CCCC3CO2)n1. The zero-order valence-corrected chi connectivity index (χ0v) is 13.2. The minimum absolute atomic E-state index is 0.0341. The van der Waals surface area contributed by atoms with Gasteiger partial charge in [-0.1, -0.05) is 6.92 Å². The lowest BCUT2D eigenvalue weighted by atomic mass is 10.0. The fraction of sp³-hybridized carbons (Fsp3) is 0.812. The van der Waals surface area contributed by atoms with Crippen LogP contribution in [0.3, 0.4) is 0 Å². The van der Waals surface area contributed by atoms with E-state index in [0.717, 1.165) is 31.7 Å². The van der Waals surface area contributed by atoms with E-state index < -0.39 is 0 Å². The van der Waals surface area contributed by atoms with Gasteiger partial charge in [0.15, 0.2) is 0 Å². The average Bonchev–Trinajstić information content (AvgIpc) is 3.14. The summed E-state index contributed by atoms with van der Waals surface area (Å²) in [5, 5.41) is 4.65. The summed E-state index contributed by atoms with van der Waals surface area (Å²) in [6.45, 7) is 7.41. The third-order valence-corrected chi connectivity index (χ3v) is 5.04. The van der Waals surface area contributed by atoms with Crippen molar-refractivity contribution >= 4 is 0 Å². The van der Waals surface area contributed by atoms with Gasteiger partial charge in [-0.05, 0) is 38.8 Å². The van der Waals surface area contributed by atoms with E-state index in [4.69, 9.17) is 10.5 Å². The molecule has 2 fully saturated rings. The highest BCUT2D eigenvalue weighted by Crippen LogP contribution is 2.24. The number of nitrogens with zero attached hydrogens (tertiary/aromatic N) is 3. The van der Waals surface area contributed by atoms with Crippen molar-refractivity contribution in [3.05, 3.63) is 18.0 Å². The summed E-state index contributed by atoms with van der Waals surface area (Å²) in [7, 11) is 0. The normalized spacial score (nSPS) is 29.3. The minimum atomic E-state index is 0.0341. The predicted octanol–water partition coefficient (Wildman–Crippen LogP) is 1.59. The first-order chi connectivity index (χ1) is 10.2. The lowest BCUT2D eigenvalue weighted by molar-refractivity contribution is -0.0590. The molecule has 3 rings (SSSR count). The molecule has 21 heavy (non-hydrogen) atoms. The molecule has 2 aliphatic rings. The van der Waals surface area contributed by atoms with Crippen molar-refractivity contribution in [1.29, 1.82) is 0 Å². The summed E-state index contributed by atoms with van der Waals surface area (Å²) >= 11 is 0. The first-order valence-electron chi connectivity index (χ1n) is 8.32. The molecule has 5 nitrogen and oxygen atoms in total. The van der Waals surface area contributed by atoms with Crippen molar-refractivity contribution in [1.82, 2.24) is 14.7 Å². The summed E-state index contributed by atoms with van der Waals surface area (Å²) in [6.07, 6.45) is 6.68. The molecule has 0 radical (unpaired) electrons. The summed E-state index contributed by atoms with van der Waals surface area (Å²) in [5.74, 6) is 0. The second-order valence-corrected chi connectivity index (χ2v) is 6.58. The van der Waals surface area contributed by atoms with Crippen molar-refractivity contribution < 1.29 is 4.74 Å². The van der Waals surface area contributed by atoms with Gasteiger partial charge in [-0.25, -0.2) is 0 Å². The Morgan fingerprint density at radius 2 is 2.38 bits per heavy atom. The van der Waals surface area contributed by atoms with Gasteiger partial charge in [-0.3, -0.25) is 9.58 Å². The molecule has 1 aromatic rings. The first-order valence-corrected chi connectivity index (χ1v) is 8.32. The molecule has 0 spiro atoms. The van der Waals surface area contributed by atoms with Gasteiger partial charge in [-0.2, -0.15) is 5.10 Å². The van der Waals surface area contributed by atoms with E-state index in [0.29, 0.717) is 12.1 Å². The molecular weight excluding hydrogens is 264 g/mol. The Morgan fingerprint density at radius 1 is 1.52 bits per heavy atom. The summed E-state index contributed by atoms with van der Waals surface area (Å²) < 4.78 is 8.04. The van der Waals surface area contributed by atoms with Crippen LogP contribution in [0.4, 0.5) is 0 Å². The van der Waals surface area contributed by atoms with Crippen LogP contribution in [-0.4, -0.2) is 52.6 Å². The zero-order valence-electron chi connectivity index (χ0n) is 13.2. The molecule has 3 heterocycles. The van der Waals surface area contributed by atoms with Crippen LogP contribution in [0.25, 0.3) is 0 Å². The quantitative estimate of drug-likeness (QED) is 0.895. The molecule has 0 aliphatic carbocycles. The van der Waals surface area contributed by atoms with Gasteiger partial charge in [-0.15, -0.1) is 0 Å². The van der Waals surface area contributed by atoms with Crippen LogP contribution in [0.2, 0.25) is 0 Å². The Labute approximate surface area is 127 Å². The molecule has 5 heteroatoms. The highest BCUT2D eigenvalue weighted by molar-refractivity contribution is 5.04. The summed E-state index contributed by atoms with van der Waals surface area (Å²) in [6, 6.07) is 3.21. The lowest BCUT2D eigenvalue weighted by Crippen LogP contribution is -2.53. The van der Waals surface area contributed by atoms with E-state index in [1.807, 2.05) is 4.68 Å². The largest absolute Gasteiger partial charge is 0.374 e. The van der Waals surface area contributed by atoms with E-state index in [-0.39, 0.29) is 12.1 Å². The molecule has 118 valence electrons. The van der Waals surface area contributed by atoms with Gasteiger partial charge in [0.25, 0.3) is 0 Å². The highest BCUT2D eigenvalue weighted by Gasteiger charge is 2.34. The number of aromatic nitrogens is 2. The minimum Gasteiger partial charge on any atom is -0.374 e. The van der Waals surface area contributed by atoms with Crippen LogP contribution < -0.4 is 5.73 Å². The Balaban J connectivity index is 1.56. The molecule has 2 aliphatic heterocycles. The van der Waals surface area contributed by atoms with Gasteiger partial charge in [0.2, 0.25) is 0 Å². The van der Waals surface area contributed by atoms with Crippen molar-refractivity contribution in [2.45, 2.75) is 63.8 Å². The number of hydrogen-bond acceptors (Lipinski definition) is 4. The van der Waals surface area contributed by atoms with Crippen LogP contribution in [0, 0.1) is 0 Å². The van der Waals surface area contributed by atoms with Crippen molar-refractivity contribution in [3.8, 4) is 0 Å². The van der Waals surface area contributed by atoms with E-state index in [1.54, 1.807) is 0 Å². The zero-order chi connectivity index (χ0) is 14.8. The number of nitrogens with two attached hydrogens (primary N) is 1. The number of fused-ring (bicyclic) bond motifs is 1. The predicted molar refractivity (Wildman–Crippen MR) is 83.2 cm³/mol. The number of ether oxygens (including phenoxy) is 1. The molecule has 0 saturated carbocycles. The first kappa shape index (κ1) is 15.0. The smallest absolute Gasteiger partial charge is 0.0857 e. The highest BCUT2D eigenvalue weighted by atomic mass is 16.5. The van der Waals surface area contributed by atoms with Gasteiger partial charge in [0.1, 0.15) is 0 Å². The van der Waals surface area contributed by atoms with Crippen LogP contribution in [0.5, 0.6) is 0 Å². The molecular formula is C16H28N4O. The Kier molecular flexibility index (Phi) is 4.62. The van der Waals surface area contributed by atoms with Crippen molar-refractivity contribution in [2.24, 2.45) is 5.73 Å². The topological polar surface area (TPSA) is 56.3 Å². The molecule has 0 aromatic carbocycles. The van der Waals surface area contributed by atoms with E-state index >= 15 is 0 Å². The molecule has 2 N–H and O–H groups in total. The Morgan fingerprint density at radius 3 is 3.19 bits per heavy atom. The fourth-order valence-corrected chi connectivity index (χ4v) is 3.39. The molecule has 0 bridgehead atoms. The van der Waals surface area contributed by atoms with Crippen LogP contribution in [0.1, 0.15) is 44.8 Å². The molecule has 0 amide bonds. The van der Waals surface area contributed by atoms with Gasteiger partial charge in [0, 0.05) is 37.3 Å². The van der Waals surface area contributed by atoms with Crippen molar-refractivity contribution in [2.75, 3.05) is 19.7 Å². The standard InChI is InChI=1S/C16H28N4O/c1-3-12(2)20-8-6-13(18-20)9-15(17)16-10-19-7-4-5-14(19)11-21-16/h6,8,12,14-16H,3-5,7,9-11,17H2,1-2H3. The maximum atomic E-state index is 6.38. The van der Waals surface area contributed by atoms with Crippen LogP contribution in [0.15, 0.2) is 12.3 Å². The Hall–Kier alpha value is -0.910. The van der Waals surface area contributed by atoms with Gasteiger partial charge >= 0.3 is 0 Å². The van der Waals surface area contributed by atoms with Crippen LogP contribution >= 0.6 is 0 Å². The molecule has 4 unspecified atom stereocenters. The Bertz CT molecular complexity index is 461. The third-order valence-electron chi connectivity index (χ3n) is 5.04. The summed E-state index contributed by atoms with van der Waals surface area (Å²) in [4.78, 5) is 2.55. The van der Waals surface area contributed by atoms with E-state index in [9.17, 15) is 0 Å². The molecule has 2 saturated heterocycles. The monoisotopic (exact) mass is 292 g/mol. The number of rotatable bonds is 5. The molecule has 4 atom stereocenters. The van der Waals surface area contributed by atoms with Gasteiger partial charge < -0.3 is 10.5 Å². The van der Waals surface area contributed by atoms with E-state index in [2.05, 4.69) is 36.1 Å². The average molecular weight is 292 g/mol. The number of hydrogen-bond donors (Lipinski definition) is 1. The maximum Gasteiger partial charge on any atom is 0.0857 e. The van der Waals surface area contributed by atoms with Gasteiger partial charge in [0.05, 0.1) is 18.4 Å². The second kappa shape index (κ2) is 6.46. The third kappa shape index (κ3) is 3.30. The van der Waals surface area contributed by atoms with Crippen LogP contribution in [-0.2, 0) is 11.2 Å².